The Morgan fingerprint density at radius 2 is 1.67 bits per heavy atom. The lowest BCUT2D eigenvalue weighted by Gasteiger charge is -2.14. The lowest BCUT2D eigenvalue weighted by molar-refractivity contribution is -0.136. The number of carbonyl (C=O) groups is 1. The molecule has 36 heavy (non-hydrogen) atoms. The normalized spacial score (nSPS) is 14.5. The number of H-pyrrole nitrogens is 1. The molecular weight excluding hydrogens is 474 g/mol. The fraction of sp³-hybridized carbons (Fsp3) is 0.241. The fourth-order valence-corrected chi connectivity index (χ4v) is 4.92. The molecule has 1 aliphatic rings. The maximum absolute atomic E-state index is 11.0. The topological polar surface area (TPSA) is 88.9 Å². The van der Waals surface area contributed by atoms with Crippen molar-refractivity contribution in [1.82, 2.24) is 9.88 Å². The van der Waals surface area contributed by atoms with Crippen molar-refractivity contribution >= 4 is 39.9 Å². The first-order chi connectivity index (χ1) is 17.5. The van der Waals surface area contributed by atoms with Gasteiger partial charge < -0.3 is 15.2 Å². The third-order valence-corrected chi connectivity index (χ3v) is 6.85. The van der Waals surface area contributed by atoms with Crippen LogP contribution in [-0.4, -0.2) is 44.9 Å². The Kier molecular flexibility index (Phi) is 7.07. The molecule has 3 aromatic carbocycles. The summed E-state index contributed by atoms with van der Waals surface area (Å²) in [5.74, 6) is -0.802. The smallest absolute Gasteiger partial charge is 0.303 e. The second-order valence-electron chi connectivity index (χ2n) is 9.24. The quantitative estimate of drug-likeness (QED) is 0.247. The molecule has 5 rings (SSSR count). The van der Waals surface area contributed by atoms with E-state index in [1.54, 1.807) is 12.1 Å². The van der Waals surface area contributed by atoms with E-state index in [9.17, 15) is 9.90 Å². The Morgan fingerprint density at radius 1 is 0.972 bits per heavy atom. The van der Waals surface area contributed by atoms with Gasteiger partial charge in [-0.25, -0.2) is 4.99 Å². The lowest BCUT2D eigenvalue weighted by atomic mass is 9.98. The van der Waals surface area contributed by atoms with Gasteiger partial charge in [0, 0.05) is 28.9 Å². The number of aromatic nitrogens is 1. The molecular formula is C29H28ClN3O3. The number of likely N-dealkylation sites (tertiary alicyclic amines) is 1. The third kappa shape index (κ3) is 5.45. The van der Waals surface area contributed by atoms with Crippen molar-refractivity contribution in [2.75, 3.05) is 13.1 Å². The number of fused-ring (bicyclic) bond motifs is 1. The molecule has 3 N–H and O–H groups in total. The molecule has 2 heterocycles. The highest BCUT2D eigenvalue weighted by Crippen LogP contribution is 2.33. The molecule has 0 bridgehead atoms. The largest absolute Gasteiger partial charge is 0.494 e. The van der Waals surface area contributed by atoms with Gasteiger partial charge in [-0.2, -0.15) is 0 Å². The van der Waals surface area contributed by atoms with E-state index in [-0.39, 0.29) is 12.3 Å². The number of halogens is 1. The van der Waals surface area contributed by atoms with Crippen LogP contribution in [0.2, 0.25) is 5.02 Å². The average Bonchev–Trinajstić information content (AvgIpc) is 3.49. The second kappa shape index (κ2) is 10.6. The molecule has 1 fully saturated rings. The Bertz CT molecular complexity index is 1400. The molecule has 7 heteroatoms. The van der Waals surface area contributed by atoms with Crippen LogP contribution in [0.25, 0.3) is 10.9 Å². The summed E-state index contributed by atoms with van der Waals surface area (Å²) < 4.78 is 0. The van der Waals surface area contributed by atoms with Crippen LogP contribution in [0.5, 0.6) is 5.88 Å². The summed E-state index contributed by atoms with van der Waals surface area (Å²) >= 11 is 6.17. The molecule has 184 valence electrons. The van der Waals surface area contributed by atoms with E-state index in [0.717, 1.165) is 47.4 Å². The zero-order valence-corrected chi connectivity index (χ0v) is 20.6. The summed E-state index contributed by atoms with van der Waals surface area (Å²) in [5.41, 5.74) is 5.74. The van der Waals surface area contributed by atoms with Gasteiger partial charge in [-0.05, 0) is 67.7 Å². The predicted molar refractivity (Wildman–Crippen MR) is 144 cm³/mol. The fourth-order valence-electron chi connectivity index (χ4n) is 4.74. The van der Waals surface area contributed by atoms with Crippen molar-refractivity contribution in [3.8, 4) is 5.88 Å². The van der Waals surface area contributed by atoms with Gasteiger partial charge in [-0.3, -0.25) is 9.69 Å². The Balaban J connectivity index is 1.53. The number of rotatable bonds is 8. The van der Waals surface area contributed by atoms with Crippen LogP contribution in [-0.2, 0) is 17.8 Å². The van der Waals surface area contributed by atoms with Crippen molar-refractivity contribution in [1.29, 1.82) is 0 Å². The molecule has 4 aromatic rings. The Hall–Kier alpha value is -3.61. The summed E-state index contributed by atoms with van der Waals surface area (Å²) in [4.78, 5) is 21.4. The van der Waals surface area contributed by atoms with Crippen LogP contribution in [0.1, 0.15) is 41.5 Å². The number of benzene rings is 3. The van der Waals surface area contributed by atoms with Crippen LogP contribution < -0.4 is 0 Å². The first-order valence-electron chi connectivity index (χ1n) is 12.2. The van der Waals surface area contributed by atoms with Crippen molar-refractivity contribution in [2.24, 2.45) is 4.99 Å². The van der Waals surface area contributed by atoms with Crippen LogP contribution >= 0.6 is 11.6 Å². The number of nitrogens with one attached hydrogen (secondary N) is 1. The van der Waals surface area contributed by atoms with E-state index in [4.69, 9.17) is 21.7 Å². The predicted octanol–water partition coefficient (Wildman–Crippen LogP) is 6.31. The van der Waals surface area contributed by atoms with Gasteiger partial charge in [0.05, 0.1) is 22.5 Å². The van der Waals surface area contributed by atoms with Gasteiger partial charge in [0.2, 0.25) is 0 Å². The number of aliphatic imine (C=N–C) groups is 1. The number of carboxylic acids is 1. The van der Waals surface area contributed by atoms with Crippen molar-refractivity contribution in [2.45, 2.75) is 32.2 Å². The van der Waals surface area contributed by atoms with E-state index >= 15 is 0 Å². The molecule has 1 aromatic heterocycles. The lowest BCUT2D eigenvalue weighted by Crippen LogP contribution is -2.18. The molecule has 0 saturated carbocycles. The highest BCUT2D eigenvalue weighted by atomic mass is 35.5. The number of nitrogens with zero attached hydrogens (tertiary/aromatic N) is 2. The molecule has 0 amide bonds. The molecule has 0 radical (unpaired) electrons. The molecule has 0 atom stereocenters. The number of aromatic amines is 1. The van der Waals surface area contributed by atoms with Gasteiger partial charge in [0.1, 0.15) is 0 Å². The van der Waals surface area contributed by atoms with Crippen molar-refractivity contribution in [3.63, 3.8) is 0 Å². The van der Waals surface area contributed by atoms with Gasteiger partial charge >= 0.3 is 5.97 Å². The summed E-state index contributed by atoms with van der Waals surface area (Å²) in [5, 5.41) is 21.3. The maximum atomic E-state index is 11.0. The minimum absolute atomic E-state index is 0.0200. The van der Waals surface area contributed by atoms with Gasteiger partial charge in [-0.15, -0.1) is 0 Å². The van der Waals surface area contributed by atoms with Crippen LogP contribution in [0.4, 0.5) is 5.69 Å². The Labute approximate surface area is 214 Å². The number of aromatic hydroxyl groups is 1. The highest BCUT2D eigenvalue weighted by molar-refractivity contribution is 6.31. The average molecular weight is 502 g/mol. The van der Waals surface area contributed by atoms with E-state index in [2.05, 4.69) is 22.0 Å². The van der Waals surface area contributed by atoms with Crippen LogP contribution in [0.3, 0.4) is 0 Å². The van der Waals surface area contributed by atoms with Crippen molar-refractivity contribution < 1.29 is 15.0 Å². The van der Waals surface area contributed by atoms with E-state index in [1.165, 1.54) is 18.4 Å². The van der Waals surface area contributed by atoms with Crippen molar-refractivity contribution in [3.05, 3.63) is 94.0 Å². The minimum atomic E-state index is -0.822. The van der Waals surface area contributed by atoms with Gasteiger partial charge in [0.25, 0.3) is 0 Å². The molecule has 6 nitrogen and oxygen atoms in total. The summed E-state index contributed by atoms with van der Waals surface area (Å²) in [6, 6.07) is 21.4. The summed E-state index contributed by atoms with van der Waals surface area (Å²) in [7, 11) is 0. The summed E-state index contributed by atoms with van der Waals surface area (Å²) in [6.07, 6.45) is 3.06. The zero-order chi connectivity index (χ0) is 25.1. The molecule has 0 spiro atoms. The highest BCUT2D eigenvalue weighted by Gasteiger charge is 2.19. The first-order valence-corrected chi connectivity index (χ1v) is 12.6. The van der Waals surface area contributed by atoms with Gasteiger partial charge in [0.15, 0.2) is 5.88 Å². The Morgan fingerprint density at radius 3 is 2.36 bits per heavy atom. The minimum Gasteiger partial charge on any atom is -0.494 e. The number of aliphatic carboxylic acids is 1. The molecule has 0 unspecified atom stereocenters. The van der Waals surface area contributed by atoms with Crippen LogP contribution in [0, 0.1) is 0 Å². The van der Waals surface area contributed by atoms with E-state index in [1.807, 2.05) is 42.5 Å². The number of aryl methyl sites for hydroxylation is 1. The van der Waals surface area contributed by atoms with E-state index < -0.39 is 5.97 Å². The molecule has 0 aliphatic carbocycles. The monoisotopic (exact) mass is 501 g/mol. The summed E-state index contributed by atoms with van der Waals surface area (Å²) in [6.45, 7) is 3.24. The third-order valence-electron chi connectivity index (χ3n) is 6.61. The first kappa shape index (κ1) is 24.1. The second-order valence-corrected chi connectivity index (χ2v) is 9.68. The molecule has 1 aliphatic heterocycles. The van der Waals surface area contributed by atoms with E-state index in [0.29, 0.717) is 22.7 Å². The number of hydrogen-bond acceptors (Lipinski definition) is 4. The van der Waals surface area contributed by atoms with Crippen LogP contribution in [0.15, 0.2) is 71.7 Å². The standard InChI is InChI=1S/C29H28ClN3O3/c30-22-10-13-24-25(17-22)32-29(36)27(24)28(21-8-3-19(4-9-21)7-14-26(34)35)31-23-11-5-20(6-12-23)18-33-15-1-2-16-33/h3-6,8-13,17,32,36H,1-2,7,14-16,18H2,(H,34,35). The molecule has 1 saturated heterocycles. The number of carboxylic acid groups (broad SMARTS) is 1. The zero-order valence-electron chi connectivity index (χ0n) is 19.9. The SMILES string of the molecule is O=C(O)CCc1ccc(C(=Nc2ccc(CN3CCCC3)cc2)c2c(O)[nH]c3cc(Cl)ccc23)cc1. The van der Waals surface area contributed by atoms with Gasteiger partial charge in [-0.1, -0.05) is 54.1 Å². The maximum Gasteiger partial charge on any atom is 0.303 e. The number of hydrogen-bond donors (Lipinski definition) is 3.